The van der Waals surface area contributed by atoms with Crippen LogP contribution < -0.4 is 20.6 Å². The van der Waals surface area contributed by atoms with Gasteiger partial charge in [0, 0.05) is 11.6 Å². The van der Waals surface area contributed by atoms with E-state index in [4.69, 9.17) is 0 Å². The number of benzene rings is 1. The van der Waals surface area contributed by atoms with Crippen LogP contribution in [0.5, 0.6) is 11.5 Å². The van der Waals surface area contributed by atoms with Gasteiger partial charge in [0.15, 0.2) is 0 Å². The standard InChI is InChI=1S/C11H9F4N3O4/c12-10(13)21-6-2-1-5(7(3-6)22-11(14)15)4-17-18-9(20)8(16)19/h1-4,10-11H,(H2,16,19)(H,18,20)/b17-4+. The van der Waals surface area contributed by atoms with Crippen LogP contribution in [0.1, 0.15) is 5.56 Å². The fourth-order valence-electron chi connectivity index (χ4n) is 1.21. The van der Waals surface area contributed by atoms with Crippen LogP contribution in [0, 0.1) is 0 Å². The lowest BCUT2D eigenvalue weighted by Gasteiger charge is -2.10. The van der Waals surface area contributed by atoms with Gasteiger partial charge < -0.3 is 15.2 Å². The Morgan fingerprint density at radius 1 is 1.18 bits per heavy atom. The fourth-order valence-corrected chi connectivity index (χ4v) is 1.21. The summed E-state index contributed by atoms with van der Waals surface area (Å²) in [6.45, 7) is -6.37. The third-order valence-corrected chi connectivity index (χ3v) is 2.02. The van der Waals surface area contributed by atoms with Crippen molar-refractivity contribution in [3.05, 3.63) is 23.8 Å². The Kier molecular flexibility index (Phi) is 6.10. The molecule has 0 aliphatic heterocycles. The number of carbonyl (C=O) groups excluding carboxylic acids is 2. The number of ether oxygens (including phenoxy) is 2. The zero-order valence-electron chi connectivity index (χ0n) is 10.6. The first-order valence-electron chi connectivity index (χ1n) is 5.46. The molecule has 0 saturated heterocycles. The van der Waals surface area contributed by atoms with E-state index in [0.29, 0.717) is 0 Å². The van der Waals surface area contributed by atoms with Gasteiger partial charge in [-0.15, -0.1) is 0 Å². The Morgan fingerprint density at radius 2 is 1.82 bits per heavy atom. The van der Waals surface area contributed by atoms with Gasteiger partial charge >= 0.3 is 25.0 Å². The van der Waals surface area contributed by atoms with Crippen molar-refractivity contribution in [2.45, 2.75) is 13.2 Å². The monoisotopic (exact) mass is 323 g/mol. The summed E-state index contributed by atoms with van der Waals surface area (Å²) in [6, 6.07) is 2.91. The van der Waals surface area contributed by atoms with E-state index >= 15 is 0 Å². The molecule has 0 aliphatic rings. The molecule has 0 aromatic heterocycles. The van der Waals surface area contributed by atoms with Crippen molar-refractivity contribution >= 4 is 18.0 Å². The van der Waals surface area contributed by atoms with Crippen molar-refractivity contribution in [1.82, 2.24) is 5.43 Å². The molecule has 1 aromatic carbocycles. The second-order valence-corrected chi connectivity index (χ2v) is 3.52. The first-order chi connectivity index (χ1) is 10.3. The zero-order valence-corrected chi connectivity index (χ0v) is 10.6. The van der Waals surface area contributed by atoms with Gasteiger partial charge in [0.05, 0.1) is 6.21 Å². The van der Waals surface area contributed by atoms with Gasteiger partial charge in [0.2, 0.25) is 0 Å². The molecule has 0 fully saturated rings. The Labute approximate surface area is 120 Å². The van der Waals surface area contributed by atoms with Crippen LogP contribution in [0.15, 0.2) is 23.3 Å². The van der Waals surface area contributed by atoms with Crippen molar-refractivity contribution in [3.63, 3.8) is 0 Å². The molecule has 11 heteroatoms. The van der Waals surface area contributed by atoms with Crippen LogP contribution in [-0.4, -0.2) is 31.3 Å². The number of hydrogen-bond donors (Lipinski definition) is 2. The Morgan fingerprint density at radius 3 is 2.36 bits per heavy atom. The van der Waals surface area contributed by atoms with Crippen LogP contribution in [0.25, 0.3) is 0 Å². The maximum absolute atomic E-state index is 12.3. The molecule has 0 spiro atoms. The normalized spacial score (nSPS) is 11.0. The number of alkyl halides is 4. The van der Waals surface area contributed by atoms with E-state index in [9.17, 15) is 27.2 Å². The van der Waals surface area contributed by atoms with Crippen molar-refractivity contribution in [2.75, 3.05) is 0 Å². The number of primary amides is 1. The number of hydrazone groups is 1. The van der Waals surface area contributed by atoms with Crippen LogP contribution in [0.4, 0.5) is 17.6 Å². The minimum Gasteiger partial charge on any atom is -0.435 e. The van der Waals surface area contributed by atoms with Gasteiger partial charge in [0.25, 0.3) is 0 Å². The van der Waals surface area contributed by atoms with E-state index in [-0.39, 0.29) is 5.56 Å². The summed E-state index contributed by atoms with van der Waals surface area (Å²) in [6.07, 6.45) is 0.852. The maximum atomic E-state index is 12.3. The quantitative estimate of drug-likeness (QED) is 0.350. The highest BCUT2D eigenvalue weighted by atomic mass is 19.3. The molecule has 22 heavy (non-hydrogen) atoms. The van der Waals surface area contributed by atoms with E-state index in [2.05, 4.69) is 20.3 Å². The molecule has 0 heterocycles. The first-order valence-corrected chi connectivity index (χ1v) is 5.46. The predicted octanol–water partition coefficient (Wildman–Crippen LogP) is 0.825. The van der Waals surface area contributed by atoms with Gasteiger partial charge in [-0.1, -0.05) is 0 Å². The molecule has 0 unspecified atom stereocenters. The molecular weight excluding hydrogens is 314 g/mol. The molecule has 7 nitrogen and oxygen atoms in total. The fraction of sp³-hybridized carbons (Fsp3) is 0.182. The Bertz CT molecular complexity index is 580. The summed E-state index contributed by atoms with van der Waals surface area (Å²) in [5, 5.41) is 3.28. The van der Waals surface area contributed by atoms with Gasteiger partial charge in [0.1, 0.15) is 11.5 Å². The van der Waals surface area contributed by atoms with Crippen LogP contribution >= 0.6 is 0 Å². The third-order valence-electron chi connectivity index (χ3n) is 2.02. The minimum atomic E-state index is -3.23. The van der Waals surface area contributed by atoms with E-state index in [0.717, 1.165) is 24.4 Å². The molecule has 120 valence electrons. The zero-order chi connectivity index (χ0) is 16.7. The molecule has 0 saturated carbocycles. The number of halogens is 4. The summed E-state index contributed by atoms with van der Waals surface area (Å²) in [4.78, 5) is 21.2. The largest absolute Gasteiger partial charge is 0.435 e. The lowest BCUT2D eigenvalue weighted by atomic mass is 10.2. The van der Waals surface area contributed by atoms with Crippen molar-refractivity contribution in [2.24, 2.45) is 10.8 Å². The Hall–Kier alpha value is -2.85. The summed E-state index contributed by atoms with van der Waals surface area (Å²) in [7, 11) is 0. The average molecular weight is 323 g/mol. The lowest BCUT2D eigenvalue weighted by Crippen LogP contribution is -2.32. The van der Waals surface area contributed by atoms with Gasteiger partial charge in [-0.05, 0) is 12.1 Å². The molecule has 1 rings (SSSR count). The molecule has 3 N–H and O–H groups in total. The minimum absolute atomic E-state index is 0.0910. The van der Waals surface area contributed by atoms with Crippen molar-refractivity contribution in [3.8, 4) is 11.5 Å². The van der Waals surface area contributed by atoms with Crippen LogP contribution in [-0.2, 0) is 9.59 Å². The smallest absolute Gasteiger partial charge is 0.387 e. The molecule has 0 aliphatic carbocycles. The topological polar surface area (TPSA) is 103 Å². The van der Waals surface area contributed by atoms with Gasteiger partial charge in [-0.3, -0.25) is 9.59 Å². The molecule has 0 radical (unpaired) electrons. The number of nitrogens with two attached hydrogens (primary N) is 1. The average Bonchev–Trinajstić information content (AvgIpc) is 2.39. The van der Waals surface area contributed by atoms with Crippen LogP contribution in [0.2, 0.25) is 0 Å². The second kappa shape index (κ2) is 7.81. The summed E-state index contributed by atoms with van der Waals surface area (Å²) >= 11 is 0. The lowest BCUT2D eigenvalue weighted by molar-refractivity contribution is -0.137. The Balaban J connectivity index is 2.94. The third kappa shape index (κ3) is 5.64. The predicted molar refractivity (Wildman–Crippen MR) is 64.6 cm³/mol. The number of nitrogens with zero attached hydrogens (tertiary/aromatic N) is 1. The maximum Gasteiger partial charge on any atom is 0.387 e. The molecular formula is C11H9F4N3O4. The SMILES string of the molecule is NC(=O)C(=O)N/N=C/c1ccc(OC(F)F)cc1OC(F)F. The molecule has 0 atom stereocenters. The van der Waals surface area contributed by atoms with Crippen molar-refractivity contribution in [1.29, 1.82) is 0 Å². The number of rotatable bonds is 6. The summed E-state index contributed by atoms with van der Waals surface area (Å²) in [5.41, 5.74) is 6.27. The van der Waals surface area contributed by atoms with E-state index in [1.807, 2.05) is 0 Å². The summed E-state index contributed by atoms with van der Waals surface area (Å²) in [5.74, 6) is -3.47. The van der Waals surface area contributed by atoms with Gasteiger partial charge in [-0.2, -0.15) is 22.7 Å². The molecule has 0 bridgehead atoms. The highest BCUT2D eigenvalue weighted by molar-refractivity contribution is 6.34. The van der Waals surface area contributed by atoms with E-state index < -0.39 is 36.5 Å². The highest BCUT2D eigenvalue weighted by Crippen LogP contribution is 2.26. The highest BCUT2D eigenvalue weighted by Gasteiger charge is 2.13. The van der Waals surface area contributed by atoms with Crippen LogP contribution in [0.3, 0.4) is 0 Å². The number of nitrogens with one attached hydrogen (secondary N) is 1. The van der Waals surface area contributed by atoms with E-state index in [1.54, 1.807) is 5.43 Å². The van der Waals surface area contributed by atoms with Gasteiger partial charge in [-0.25, -0.2) is 5.43 Å². The number of amides is 2. The first kappa shape index (κ1) is 17.2. The second-order valence-electron chi connectivity index (χ2n) is 3.52. The van der Waals surface area contributed by atoms with Crippen molar-refractivity contribution < 1.29 is 36.6 Å². The summed E-state index contributed by atoms with van der Waals surface area (Å²) < 4.78 is 56.8. The molecule has 2 amide bonds. The molecule has 1 aromatic rings. The number of hydrogen-bond acceptors (Lipinski definition) is 5. The number of carbonyl (C=O) groups is 2. The van der Waals surface area contributed by atoms with E-state index in [1.165, 1.54) is 0 Å².